The second-order valence-electron chi connectivity index (χ2n) is 4.91. The zero-order valence-corrected chi connectivity index (χ0v) is 13.2. The number of nitrogens with one attached hydrogen (secondary N) is 1. The highest BCUT2D eigenvalue weighted by Gasteiger charge is 2.32. The Labute approximate surface area is 138 Å². The van der Waals surface area contributed by atoms with Crippen LogP contribution in [0.15, 0.2) is 24.3 Å². The number of hydrogen-bond acceptors (Lipinski definition) is 7. The molecule has 1 aromatic carbocycles. The van der Waals surface area contributed by atoms with E-state index in [1.165, 1.54) is 0 Å². The average Bonchev–Trinajstić information content (AvgIpc) is 2.54. The Hall–Kier alpha value is -2.49. The molecule has 0 aliphatic rings. The monoisotopic (exact) mass is 339 g/mol. The minimum absolute atomic E-state index is 0.0820. The van der Waals surface area contributed by atoms with E-state index in [2.05, 4.69) is 10.1 Å². The van der Waals surface area contributed by atoms with Gasteiger partial charge < -0.3 is 31.4 Å². The van der Waals surface area contributed by atoms with E-state index in [0.717, 1.165) is 7.11 Å². The molecular weight excluding hydrogens is 318 g/mol. The van der Waals surface area contributed by atoms with Gasteiger partial charge in [-0.1, -0.05) is 12.1 Å². The SMILES string of the molecule is COC(=O)[C@H](OCc1cccc(NC(=O)CCN)c1)[C@H](N)C(=O)O. The minimum Gasteiger partial charge on any atom is -0.480 e. The van der Waals surface area contributed by atoms with Crippen LogP contribution in [0, 0.1) is 0 Å². The van der Waals surface area contributed by atoms with Gasteiger partial charge in [0.1, 0.15) is 6.04 Å². The van der Waals surface area contributed by atoms with Crippen LogP contribution in [0.1, 0.15) is 12.0 Å². The quantitative estimate of drug-likeness (QED) is 0.437. The van der Waals surface area contributed by atoms with Crippen LogP contribution in [0.3, 0.4) is 0 Å². The predicted octanol–water partition coefficient (Wildman–Crippen LogP) is -0.556. The van der Waals surface area contributed by atoms with E-state index < -0.39 is 24.1 Å². The molecule has 1 aromatic rings. The summed E-state index contributed by atoms with van der Waals surface area (Å²) in [5.74, 6) is -2.48. The topological polar surface area (TPSA) is 154 Å². The summed E-state index contributed by atoms with van der Waals surface area (Å²) in [6, 6.07) is 5.14. The van der Waals surface area contributed by atoms with Gasteiger partial charge in [-0.3, -0.25) is 9.59 Å². The Morgan fingerprint density at radius 3 is 2.62 bits per heavy atom. The molecule has 0 aromatic heterocycles. The fourth-order valence-electron chi connectivity index (χ4n) is 1.84. The van der Waals surface area contributed by atoms with Crippen molar-refractivity contribution >= 4 is 23.5 Å². The molecule has 24 heavy (non-hydrogen) atoms. The molecule has 0 aliphatic heterocycles. The number of aliphatic carboxylic acids is 1. The van der Waals surface area contributed by atoms with Crippen molar-refractivity contribution in [3.8, 4) is 0 Å². The van der Waals surface area contributed by atoms with Crippen molar-refractivity contribution in [2.24, 2.45) is 11.5 Å². The van der Waals surface area contributed by atoms with Crippen molar-refractivity contribution in [2.75, 3.05) is 19.0 Å². The molecule has 0 unspecified atom stereocenters. The molecule has 0 fully saturated rings. The van der Waals surface area contributed by atoms with E-state index in [9.17, 15) is 14.4 Å². The number of nitrogens with two attached hydrogens (primary N) is 2. The number of carbonyl (C=O) groups excluding carboxylic acids is 2. The van der Waals surface area contributed by atoms with E-state index in [1.807, 2.05) is 0 Å². The Balaban J connectivity index is 2.75. The predicted molar refractivity (Wildman–Crippen MR) is 84.9 cm³/mol. The third-order valence-corrected chi connectivity index (χ3v) is 3.06. The van der Waals surface area contributed by atoms with Gasteiger partial charge in [0, 0.05) is 18.7 Å². The lowest BCUT2D eigenvalue weighted by Crippen LogP contribution is -2.48. The zero-order valence-electron chi connectivity index (χ0n) is 13.2. The lowest BCUT2D eigenvalue weighted by molar-refractivity contribution is -0.162. The number of methoxy groups -OCH3 is 1. The van der Waals surface area contributed by atoms with Crippen LogP contribution in [0.5, 0.6) is 0 Å². The molecule has 132 valence electrons. The zero-order chi connectivity index (χ0) is 18.1. The molecule has 1 rings (SSSR count). The Morgan fingerprint density at radius 2 is 2.04 bits per heavy atom. The number of benzene rings is 1. The van der Waals surface area contributed by atoms with Gasteiger partial charge in [0.15, 0.2) is 6.10 Å². The molecule has 0 spiro atoms. The molecule has 0 radical (unpaired) electrons. The number of esters is 1. The molecule has 9 nitrogen and oxygen atoms in total. The van der Waals surface area contributed by atoms with Crippen LogP contribution >= 0.6 is 0 Å². The smallest absolute Gasteiger partial charge is 0.337 e. The standard InChI is InChI=1S/C15H21N3O6/c1-23-15(22)13(12(17)14(20)21)24-8-9-3-2-4-10(7-9)18-11(19)5-6-16/h2-4,7,12-13H,5-6,8,16-17H2,1H3,(H,18,19)(H,20,21)/t12-,13+/m0/s1. The fourth-order valence-corrected chi connectivity index (χ4v) is 1.84. The van der Waals surface area contributed by atoms with Crippen LogP contribution in [0.2, 0.25) is 0 Å². The summed E-state index contributed by atoms with van der Waals surface area (Å²) in [7, 11) is 1.11. The first-order valence-electron chi connectivity index (χ1n) is 7.15. The minimum atomic E-state index is -1.55. The van der Waals surface area contributed by atoms with E-state index in [0.29, 0.717) is 11.3 Å². The van der Waals surface area contributed by atoms with E-state index in [-0.39, 0.29) is 25.5 Å². The van der Waals surface area contributed by atoms with Gasteiger partial charge in [0.05, 0.1) is 13.7 Å². The maximum Gasteiger partial charge on any atom is 0.337 e. The Bertz CT molecular complexity index is 592. The summed E-state index contributed by atoms with van der Waals surface area (Å²) in [4.78, 5) is 34.1. The molecule has 0 saturated heterocycles. The molecular formula is C15H21N3O6. The molecule has 0 bridgehead atoms. The second-order valence-corrected chi connectivity index (χ2v) is 4.91. The summed E-state index contributed by atoms with van der Waals surface area (Å²) >= 11 is 0. The van der Waals surface area contributed by atoms with Gasteiger partial charge in [-0.05, 0) is 17.7 Å². The maximum atomic E-state index is 11.6. The third-order valence-electron chi connectivity index (χ3n) is 3.06. The number of carbonyl (C=O) groups is 3. The highest BCUT2D eigenvalue weighted by Crippen LogP contribution is 2.14. The largest absolute Gasteiger partial charge is 0.480 e. The summed E-state index contributed by atoms with van der Waals surface area (Å²) < 4.78 is 9.80. The third kappa shape index (κ3) is 5.95. The number of hydrogen-bond donors (Lipinski definition) is 4. The van der Waals surface area contributed by atoms with Crippen molar-refractivity contribution in [1.29, 1.82) is 0 Å². The van der Waals surface area contributed by atoms with Crippen molar-refractivity contribution in [3.05, 3.63) is 29.8 Å². The highest BCUT2D eigenvalue weighted by atomic mass is 16.6. The summed E-state index contributed by atoms with van der Waals surface area (Å²) in [5, 5.41) is 11.6. The van der Waals surface area contributed by atoms with Gasteiger partial charge in [-0.25, -0.2) is 4.79 Å². The fraction of sp³-hybridized carbons (Fsp3) is 0.400. The molecule has 9 heteroatoms. The van der Waals surface area contributed by atoms with Crippen LogP contribution < -0.4 is 16.8 Å². The summed E-state index contributed by atoms with van der Waals surface area (Å²) in [6.45, 7) is 0.157. The van der Waals surface area contributed by atoms with Gasteiger partial charge in [-0.2, -0.15) is 0 Å². The molecule has 0 saturated carbocycles. The molecule has 1 amide bonds. The molecule has 2 atom stereocenters. The average molecular weight is 339 g/mol. The lowest BCUT2D eigenvalue weighted by Gasteiger charge is -2.19. The Kier molecular flexibility index (Phi) is 7.83. The summed E-state index contributed by atoms with van der Waals surface area (Å²) in [6.07, 6.45) is -1.25. The maximum absolute atomic E-state index is 11.6. The number of amides is 1. The van der Waals surface area contributed by atoms with Crippen LogP contribution in [0.4, 0.5) is 5.69 Å². The Morgan fingerprint density at radius 1 is 1.33 bits per heavy atom. The van der Waals surface area contributed by atoms with Crippen molar-refractivity contribution in [2.45, 2.75) is 25.2 Å². The van der Waals surface area contributed by atoms with Crippen molar-refractivity contribution in [3.63, 3.8) is 0 Å². The lowest BCUT2D eigenvalue weighted by atomic mass is 10.1. The molecule has 0 heterocycles. The van der Waals surface area contributed by atoms with Gasteiger partial charge >= 0.3 is 11.9 Å². The van der Waals surface area contributed by atoms with E-state index >= 15 is 0 Å². The van der Waals surface area contributed by atoms with Gasteiger partial charge in [0.25, 0.3) is 0 Å². The first-order valence-corrected chi connectivity index (χ1v) is 7.15. The number of anilines is 1. The number of ether oxygens (including phenoxy) is 2. The van der Waals surface area contributed by atoms with Crippen LogP contribution in [-0.4, -0.2) is 48.8 Å². The van der Waals surface area contributed by atoms with Gasteiger partial charge in [-0.15, -0.1) is 0 Å². The van der Waals surface area contributed by atoms with E-state index in [1.54, 1.807) is 24.3 Å². The second kappa shape index (κ2) is 9.60. The van der Waals surface area contributed by atoms with Crippen LogP contribution in [0.25, 0.3) is 0 Å². The highest BCUT2D eigenvalue weighted by molar-refractivity contribution is 5.90. The van der Waals surface area contributed by atoms with Crippen LogP contribution in [-0.2, 0) is 30.5 Å². The number of carboxylic acids is 1. The normalized spacial score (nSPS) is 13.0. The first kappa shape index (κ1) is 19.6. The molecule has 6 N–H and O–H groups in total. The molecule has 0 aliphatic carbocycles. The summed E-state index contributed by atoms with van der Waals surface area (Å²) in [5.41, 5.74) is 11.9. The van der Waals surface area contributed by atoms with Crippen molar-refractivity contribution in [1.82, 2.24) is 0 Å². The first-order chi connectivity index (χ1) is 11.4. The van der Waals surface area contributed by atoms with E-state index in [4.69, 9.17) is 21.3 Å². The van der Waals surface area contributed by atoms with Crippen molar-refractivity contribution < 1.29 is 29.0 Å². The number of carboxylic acid groups (broad SMARTS) is 1. The van der Waals surface area contributed by atoms with Gasteiger partial charge in [0.2, 0.25) is 5.91 Å². The number of rotatable bonds is 9.